The molecule has 1 fully saturated rings. The predicted octanol–water partition coefficient (Wildman–Crippen LogP) is 0.794. The topological polar surface area (TPSA) is 28.2 Å². The summed E-state index contributed by atoms with van der Waals surface area (Å²) in [5.41, 5.74) is 2.38. The standard InChI is InChI=1S/C11H17N3/c1-9-3-4-10(5-13-9)8-14(2)11-6-12-7-11/h3-5,11-12H,6-8H2,1-2H3. The van der Waals surface area contributed by atoms with Crippen LogP contribution < -0.4 is 5.32 Å². The highest BCUT2D eigenvalue weighted by atomic mass is 15.2. The smallest absolute Gasteiger partial charge is 0.0372 e. The van der Waals surface area contributed by atoms with Gasteiger partial charge in [-0.2, -0.15) is 0 Å². The molecule has 2 rings (SSSR count). The number of nitrogens with zero attached hydrogens (tertiary/aromatic N) is 2. The van der Waals surface area contributed by atoms with E-state index in [1.54, 1.807) is 0 Å². The Balaban J connectivity index is 1.92. The molecule has 76 valence electrons. The Labute approximate surface area is 85.1 Å². The van der Waals surface area contributed by atoms with Crippen molar-refractivity contribution in [3.8, 4) is 0 Å². The monoisotopic (exact) mass is 191 g/mol. The normalized spacial score (nSPS) is 17.1. The van der Waals surface area contributed by atoms with Gasteiger partial charge < -0.3 is 5.32 Å². The number of pyridine rings is 1. The molecule has 2 heterocycles. The van der Waals surface area contributed by atoms with Crippen LogP contribution >= 0.6 is 0 Å². The summed E-state index contributed by atoms with van der Waals surface area (Å²) in [7, 11) is 2.17. The van der Waals surface area contributed by atoms with E-state index in [4.69, 9.17) is 0 Å². The minimum Gasteiger partial charge on any atom is -0.314 e. The third kappa shape index (κ3) is 2.11. The first-order chi connectivity index (χ1) is 6.75. The van der Waals surface area contributed by atoms with E-state index in [0.717, 1.165) is 25.3 Å². The highest BCUT2D eigenvalue weighted by Gasteiger charge is 2.21. The van der Waals surface area contributed by atoms with Crippen LogP contribution in [0.3, 0.4) is 0 Å². The summed E-state index contributed by atoms with van der Waals surface area (Å²) in [6.07, 6.45) is 1.97. The van der Waals surface area contributed by atoms with Crippen LogP contribution in [-0.2, 0) is 6.54 Å². The lowest BCUT2D eigenvalue weighted by Crippen LogP contribution is -2.55. The highest BCUT2D eigenvalue weighted by molar-refractivity contribution is 5.13. The van der Waals surface area contributed by atoms with Crippen LogP contribution in [0.5, 0.6) is 0 Å². The molecule has 0 aromatic carbocycles. The van der Waals surface area contributed by atoms with Gasteiger partial charge in [0.2, 0.25) is 0 Å². The molecule has 3 heteroatoms. The summed E-state index contributed by atoms with van der Waals surface area (Å²) in [5.74, 6) is 0. The van der Waals surface area contributed by atoms with Crippen molar-refractivity contribution in [1.29, 1.82) is 0 Å². The Bertz CT molecular complexity index is 290. The third-order valence-corrected chi connectivity index (χ3v) is 2.79. The van der Waals surface area contributed by atoms with Gasteiger partial charge in [-0.1, -0.05) is 6.07 Å². The average molecular weight is 191 g/mol. The van der Waals surface area contributed by atoms with Crippen LogP contribution in [0.25, 0.3) is 0 Å². The lowest BCUT2D eigenvalue weighted by Gasteiger charge is -2.35. The zero-order valence-corrected chi connectivity index (χ0v) is 8.83. The Morgan fingerprint density at radius 2 is 2.29 bits per heavy atom. The van der Waals surface area contributed by atoms with Crippen molar-refractivity contribution in [2.75, 3.05) is 20.1 Å². The first-order valence-electron chi connectivity index (χ1n) is 5.08. The second-order valence-electron chi connectivity index (χ2n) is 4.04. The molecule has 1 saturated heterocycles. The molecule has 0 saturated carbocycles. The van der Waals surface area contributed by atoms with Crippen molar-refractivity contribution in [2.45, 2.75) is 19.5 Å². The molecule has 1 aromatic rings. The third-order valence-electron chi connectivity index (χ3n) is 2.79. The molecule has 1 N–H and O–H groups in total. The number of hydrogen-bond donors (Lipinski definition) is 1. The quantitative estimate of drug-likeness (QED) is 0.765. The minimum atomic E-state index is 0.705. The number of aromatic nitrogens is 1. The SMILES string of the molecule is Cc1ccc(CN(C)C2CNC2)cn1. The Morgan fingerprint density at radius 3 is 2.79 bits per heavy atom. The van der Waals surface area contributed by atoms with Crippen LogP contribution in [-0.4, -0.2) is 36.1 Å². The molecular formula is C11H17N3. The van der Waals surface area contributed by atoms with Crippen LogP contribution in [0.1, 0.15) is 11.3 Å². The van der Waals surface area contributed by atoms with Gasteiger partial charge in [-0.3, -0.25) is 9.88 Å². The van der Waals surface area contributed by atoms with Crippen molar-refractivity contribution in [3.63, 3.8) is 0 Å². The van der Waals surface area contributed by atoms with Crippen molar-refractivity contribution in [3.05, 3.63) is 29.6 Å². The van der Waals surface area contributed by atoms with Gasteiger partial charge in [0, 0.05) is 37.6 Å². The molecule has 1 aliphatic heterocycles. The molecule has 0 atom stereocenters. The molecule has 0 aliphatic carbocycles. The predicted molar refractivity (Wildman–Crippen MR) is 57.1 cm³/mol. The fraction of sp³-hybridized carbons (Fsp3) is 0.545. The summed E-state index contributed by atoms with van der Waals surface area (Å²) in [4.78, 5) is 6.67. The minimum absolute atomic E-state index is 0.705. The molecule has 0 bridgehead atoms. The molecule has 0 spiro atoms. The zero-order chi connectivity index (χ0) is 9.97. The Kier molecular flexibility index (Phi) is 2.79. The van der Waals surface area contributed by atoms with Crippen molar-refractivity contribution >= 4 is 0 Å². The fourth-order valence-electron chi connectivity index (χ4n) is 1.59. The van der Waals surface area contributed by atoms with Crippen molar-refractivity contribution < 1.29 is 0 Å². The molecule has 0 unspecified atom stereocenters. The average Bonchev–Trinajstić information content (AvgIpc) is 2.06. The van der Waals surface area contributed by atoms with Crippen LogP contribution in [0.15, 0.2) is 18.3 Å². The van der Waals surface area contributed by atoms with E-state index in [9.17, 15) is 0 Å². The van der Waals surface area contributed by atoms with Crippen LogP contribution in [0.4, 0.5) is 0 Å². The fourth-order valence-corrected chi connectivity index (χ4v) is 1.59. The summed E-state index contributed by atoms with van der Waals surface area (Å²) in [6.45, 7) is 5.26. The first kappa shape index (κ1) is 9.62. The van der Waals surface area contributed by atoms with E-state index >= 15 is 0 Å². The molecule has 3 nitrogen and oxygen atoms in total. The molecule has 1 aliphatic rings. The highest BCUT2D eigenvalue weighted by Crippen LogP contribution is 2.08. The van der Waals surface area contributed by atoms with E-state index in [0.29, 0.717) is 6.04 Å². The summed E-state index contributed by atoms with van der Waals surface area (Å²) < 4.78 is 0. The molecule has 14 heavy (non-hydrogen) atoms. The van der Waals surface area contributed by atoms with Gasteiger partial charge in [0.15, 0.2) is 0 Å². The molecule has 0 radical (unpaired) electrons. The number of likely N-dealkylation sites (N-methyl/N-ethyl adjacent to an activating group) is 1. The van der Waals surface area contributed by atoms with E-state index in [1.807, 2.05) is 13.1 Å². The summed E-state index contributed by atoms with van der Waals surface area (Å²) in [6, 6.07) is 4.93. The molecule has 1 aromatic heterocycles. The van der Waals surface area contributed by atoms with Gasteiger partial charge >= 0.3 is 0 Å². The summed E-state index contributed by atoms with van der Waals surface area (Å²) >= 11 is 0. The second kappa shape index (κ2) is 4.07. The van der Waals surface area contributed by atoms with Crippen LogP contribution in [0, 0.1) is 6.92 Å². The number of rotatable bonds is 3. The summed E-state index contributed by atoms with van der Waals surface area (Å²) in [5, 5.41) is 3.28. The van der Waals surface area contributed by atoms with Crippen molar-refractivity contribution in [1.82, 2.24) is 15.2 Å². The maximum Gasteiger partial charge on any atom is 0.0372 e. The second-order valence-corrected chi connectivity index (χ2v) is 4.04. The lowest BCUT2D eigenvalue weighted by molar-refractivity contribution is 0.173. The van der Waals surface area contributed by atoms with Gasteiger partial charge in [-0.05, 0) is 25.6 Å². The number of nitrogens with one attached hydrogen (secondary N) is 1. The largest absolute Gasteiger partial charge is 0.314 e. The van der Waals surface area contributed by atoms with E-state index < -0.39 is 0 Å². The van der Waals surface area contributed by atoms with Gasteiger partial charge in [-0.15, -0.1) is 0 Å². The lowest BCUT2D eigenvalue weighted by atomic mass is 10.1. The number of hydrogen-bond acceptors (Lipinski definition) is 3. The zero-order valence-electron chi connectivity index (χ0n) is 8.83. The molecule has 0 amide bonds. The molecular weight excluding hydrogens is 174 g/mol. The Hall–Kier alpha value is -0.930. The Morgan fingerprint density at radius 1 is 1.50 bits per heavy atom. The van der Waals surface area contributed by atoms with E-state index in [2.05, 4.69) is 34.4 Å². The van der Waals surface area contributed by atoms with E-state index in [1.165, 1.54) is 5.56 Å². The van der Waals surface area contributed by atoms with Crippen molar-refractivity contribution in [2.24, 2.45) is 0 Å². The van der Waals surface area contributed by atoms with Gasteiger partial charge in [0.25, 0.3) is 0 Å². The number of aryl methyl sites for hydroxylation is 1. The first-order valence-corrected chi connectivity index (χ1v) is 5.08. The van der Waals surface area contributed by atoms with Gasteiger partial charge in [0.05, 0.1) is 0 Å². The van der Waals surface area contributed by atoms with Gasteiger partial charge in [0.1, 0.15) is 0 Å². The maximum absolute atomic E-state index is 4.29. The maximum atomic E-state index is 4.29. The van der Waals surface area contributed by atoms with E-state index in [-0.39, 0.29) is 0 Å². The van der Waals surface area contributed by atoms with Gasteiger partial charge in [-0.25, -0.2) is 0 Å². The van der Waals surface area contributed by atoms with Crippen LogP contribution in [0.2, 0.25) is 0 Å².